The number of fused-ring (bicyclic) bond motifs is 2. The second kappa shape index (κ2) is 8.75. The number of ether oxygens (including phenoxy) is 3. The van der Waals surface area contributed by atoms with Crippen molar-refractivity contribution in [1.82, 2.24) is 20.0 Å². The largest absolute Gasteiger partial charge is 0.454 e. The first-order valence-corrected chi connectivity index (χ1v) is 10.8. The Balaban J connectivity index is 1.31. The van der Waals surface area contributed by atoms with E-state index in [-0.39, 0.29) is 24.7 Å². The summed E-state index contributed by atoms with van der Waals surface area (Å²) in [4.78, 5) is 14.7. The first-order chi connectivity index (χ1) is 15.9. The molecule has 5 rings (SSSR count). The number of morpholine rings is 1. The van der Waals surface area contributed by atoms with E-state index in [1.165, 1.54) is 6.07 Å². The molecule has 1 saturated heterocycles. The molecule has 2 N–H and O–H groups in total. The van der Waals surface area contributed by atoms with Gasteiger partial charge in [0.1, 0.15) is 5.82 Å². The van der Waals surface area contributed by atoms with Gasteiger partial charge in [-0.05, 0) is 17.7 Å². The Kier molecular flexibility index (Phi) is 5.79. The fraction of sp³-hybridized carbons (Fsp3) is 0.524. The number of aromatic nitrogens is 2. The molecule has 3 aliphatic heterocycles. The van der Waals surface area contributed by atoms with Crippen molar-refractivity contribution in [3.8, 4) is 11.5 Å². The van der Waals surface area contributed by atoms with Gasteiger partial charge in [-0.15, -0.1) is 0 Å². The predicted molar refractivity (Wildman–Crippen MR) is 110 cm³/mol. The van der Waals surface area contributed by atoms with E-state index in [4.69, 9.17) is 14.2 Å². The molecule has 33 heavy (non-hydrogen) atoms. The average molecular weight is 467 g/mol. The molecule has 1 amide bonds. The van der Waals surface area contributed by atoms with Crippen LogP contribution in [0.5, 0.6) is 11.5 Å². The van der Waals surface area contributed by atoms with Crippen molar-refractivity contribution in [2.24, 2.45) is 0 Å². The zero-order chi connectivity index (χ0) is 23.0. The highest BCUT2D eigenvalue weighted by molar-refractivity contribution is 5.93. The molecule has 1 fully saturated rings. The molecule has 0 bridgehead atoms. The highest BCUT2D eigenvalue weighted by atomic mass is 19.4. The van der Waals surface area contributed by atoms with E-state index in [9.17, 15) is 18.0 Å². The van der Waals surface area contributed by atoms with Crippen LogP contribution in [0.1, 0.15) is 34.6 Å². The van der Waals surface area contributed by atoms with Crippen LogP contribution in [0, 0.1) is 0 Å². The van der Waals surface area contributed by atoms with Gasteiger partial charge in [0, 0.05) is 38.7 Å². The van der Waals surface area contributed by atoms with Crippen LogP contribution in [0.4, 0.5) is 19.0 Å². The van der Waals surface area contributed by atoms with Crippen molar-refractivity contribution in [3.05, 3.63) is 35.5 Å². The van der Waals surface area contributed by atoms with E-state index < -0.39 is 24.2 Å². The Morgan fingerprint density at radius 1 is 1.18 bits per heavy atom. The number of hydrogen-bond donors (Lipinski definition) is 2. The van der Waals surface area contributed by atoms with E-state index in [2.05, 4.69) is 20.6 Å². The number of halogens is 3. The van der Waals surface area contributed by atoms with Gasteiger partial charge < -0.3 is 24.8 Å². The van der Waals surface area contributed by atoms with Crippen molar-refractivity contribution < 1.29 is 32.2 Å². The number of amides is 1. The molecule has 2 atom stereocenters. The molecular formula is C21H24F3N5O4. The lowest BCUT2D eigenvalue weighted by molar-refractivity contribution is -0.173. The van der Waals surface area contributed by atoms with Gasteiger partial charge in [-0.2, -0.15) is 18.3 Å². The minimum Gasteiger partial charge on any atom is -0.454 e. The molecule has 2 aromatic rings. The molecule has 0 radical (unpaired) electrons. The van der Waals surface area contributed by atoms with E-state index in [1.54, 1.807) is 18.2 Å². The number of rotatable bonds is 5. The van der Waals surface area contributed by atoms with Crippen LogP contribution in [0.2, 0.25) is 0 Å². The Morgan fingerprint density at radius 3 is 2.76 bits per heavy atom. The second-order valence-corrected chi connectivity index (χ2v) is 8.17. The summed E-state index contributed by atoms with van der Waals surface area (Å²) in [6.45, 7) is 3.96. The van der Waals surface area contributed by atoms with Gasteiger partial charge in [0.15, 0.2) is 23.2 Å². The summed E-state index contributed by atoms with van der Waals surface area (Å²) >= 11 is 0. The van der Waals surface area contributed by atoms with Gasteiger partial charge in [-0.25, -0.2) is 4.68 Å². The number of carbonyl (C=O) groups excluding carboxylic acids is 1. The third-order valence-corrected chi connectivity index (χ3v) is 6.04. The highest BCUT2D eigenvalue weighted by Crippen LogP contribution is 2.45. The molecule has 0 spiro atoms. The van der Waals surface area contributed by atoms with Gasteiger partial charge in [-0.1, -0.05) is 6.07 Å². The van der Waals surface area contributed by atoms with Crippen molar-refractivity contribution in [2.45, 2.75) is 24.7 Å². The third kappa shape index (κ3) is 4.58. The number of nitrogens with one attached hydrogen (secondary N) is 2. The average Bonchev–Trinajstić information content (AvgIpc) is 3.44. The number of carbonyl (C=O) groups is 1. The quantitative estimate of drug-likeness (QED) is 0.698. The lowest BCUT2D eigenvalue weighted by Gasteiger charge is -2.33. The van der Waals surface area contributed by atoms with E-state index in [1.807, 2.05) is 0 Å². The van der Waals surface area contributed by atoms with Crippen LogP contribution in [0.25, 0.3) is 0 Å². The van der Waals surface area contributed by atoms with Gasteiger partial charge in [0.25, 0.3) is 5.91 Å². The maximum atomic E-state index is 13.9. The fourth-order valence-corrected chi connectivity index (χ4v) is 4.28. The second-order valence-electron chi connectivity index (χ2n) is 8.17. The summed E-state index contributed by atoms with van der Waals surface area (Å²) in [6.07, 6.45) is -4.79. The molecule has 9 nitrogen and oxygen atoms in total. The third-order valence-electron chi connectivity index (χ3n) is 6.04. The summed E-state index contributed by atoms with van der Waals surface area (Å²) in [5.41, 5.74) is 0.581. The van der Waals surface area contributed by atoms with Gasteiger partial charge >= 0.3 is 6.18 Å². The summed E-state index contributed by atoms with van der Waals surface area (Å²) in [5.74, 6) is 0.692. The van der Waals surface area contributed by atoms with E-state index in [0.29, 0.717) is 43.4 Å². The van der Waals surface area contributed by atoms with Crippen LogP contribution in [0.15, 0.2) is 24.3 Å². The molecule has 0 saturated carbocycles. The molecule has 0 aliphatic carbocycles. The van der Waals surface area contributed by atoms with Gasteiger partial charge in [0.05, 0.1) is 19.3 Å². The first-order valence-electron chi connectivity index (χ1n) is 10.8. The summed E-state index contributed by atoms with van der Waals surface area (Å²) in [5, 5.41) is 9.83. The standard InChI is InChI=1S/C21H24F3N5O4/c22-21(23,24)18-10-14(13-1-2-16-17(9-13)33-12-32-16)26-19-11-15(27-29(18)19)20(30)25-3-4-28-5-7-31-8-6-28/h1-2,9,11,14,18,26H,3-8,10,12H2,(H,25,30)/t14-,18+/m1/s1. The van der Waals surface area contributed by atoms with Gasteiger partial charge in [0.2, 0.25) is 6.79 Å². The molecule has 1 aromatic carbocycles. The Morgan fingerprint density at radius 2 is 1.97 bits per heavy atom. The molecule has 178 valence electrons. The smallest absolute Gasteiger partial charge is 0.410 e. The van der Waals surface area contributed by atoms with Crippen LogP contribution in [-0.2, 0) is 4.74 Å². The van der Waals surface area contributed by atoms with E-state index >= 15 is 0 Å². The fourth-order valence-electron chi connectivity index (χ4n) is 4.28. The van der Waals surface area contributed by atoms with Crippen molar-refractivity contribution in [2.75, 3.05) is 51.5 Å². The summed E-state index contributed by atoms with van der Waals surface area (Å²) in [7, 11) is 0. The molecule has 4 heterocycles. The summed E-state index contributed by atoms with van der Waals surface area (Å²) in [6, 6.07) is 3.94. The molecule has 3 aliphatic rings. The SMILES string of the molecule is O=C(NCCN1CCOCC1)c1cc2n(n1)[C@H](C(F)(F)F)C[C@H](c1ccc3c(c1)OCO3)N2. The monoisotopic (exact) mass is 467 g/mol. The van der Waals surface area contributed by atoms with Crippen molar-refractivity contribution in [3.63, 3.8) is 0 Å². The zero-order valence-corrected chi connectivity index (χ0v) is 17.7. The van der Waals surface area contributed by atoms with E-state index in [0.717, 1.165) is 17.8 Å². The molecule has 0 unspecified atom stereocenters. The maximum absolute atomic E-state index is 13.9. The topological polar surface area (TPSA) is 89.9 Å². The van der Waals surface area contributed by atoms with Crippen LogP contribution >= 0.6 is 0 Å². The maximum Gasteiger partial charge on any atom is 0.410 e. The lowest BCUT2D eigenvalue weighted by Crippen LogP contribution is -2.41. The minimum absolute atomic E-state index is 0.0555. The highest BCUT2D eigenvalue weighted by Gasteiger charge is 2.47. The van der Waals surface area contributed by atoms with Crippen molar-refractivity contribution in [1.29, 1.82) is 0 Å². The van der Waals surface area contributed by atoms with Crippen LogP contribution in [0.3, 0.4) is 0 Å². The van der Waals surface area contributed by atoms with Crippen LogP contribution < -0.4 is 20.1 Å². The first kappa shape index (κ1) is 21.8. The minimum atomic E-state index is -4.53. The Hall–Kier alpha value is -2.99. The number of anilines is 1. The molecular weight excluding hydrogens is 443 g/mol. The molecule has 1 aromatic heterocycles. The molecule has 12 heteroatoms. The van der Waals surface area contributed by atoms with Gasteiger partial charge in [-0.3, -0.25) is 9.69 Å². The number of alkyl halides is 3. The normalized spacial score (nSPS) is 22.5. The zero-order valence-electron chi connectivity index (χ0n) is 17.7. The summed E-state index contributed by atoms with van der Waals surface area (Å²) < 4.78 is 58.5. The Bertz CT molecular complexity index is 1020. The lowest BCUT2D eigenvalue weighted by atomic mass is 9.96. The Labute approximate surface area is 187 Å². The van der Waals surface area contributed by atoms with Crippen molar-refractivity contribution >= 4 is 11.7 Å². The number of nitrogens with zero attached hydrogens (tertiary/aromatic N) is 3. The predicted octanol–water partition coefficient (Wildman–Crippen LogP) is 2.33. The number of benzene rings is 1. The number of hydrogen-bond acceptors (Lipinski definition) is 7. The van der Waals surface area contributed by atoms with Crippen LogP contribution in [-0.4, -0.2) is 72.9 Å².